The van der Waals surface area contributed by atoms with Crippen LogP contribution in [0, 0.1) is 0 Å². The van der Waals surface area contributed by atoms with Crippen molar-refractivity contribution in [2.24, 2.45) is 0 Å². The Morgan fingerprint density at radius 2 is 1.79 bits per heavy atom. The Balaban J connectivity index is 2.75. The highest BCUT2D eigenvalue weighted by atomic mass is 35.5. The zero-order valence-corrected chi connectivity index (χ0v) is 14.9. The van der Waals surface area contributed by atoms with Gasteiger partial charge in [-0.2, -0.15) is 0 Å². The Morgan fingerprint density at radius 1 is 1.26 bits per heavy atom. The molecular formula is C14H23ClN2SSi. The van der Waals surface area contributed by atoms with E-state index in [1.165, 1.54) is 0 Å². The van der Waals surface area contributed by atoms with Crippen LogP contribution < -0.4 is 5.32 Å². The molecule has 19 heavy (non-hydrogen) atoms. The third-order valence-electron chi connectivity index (χ3n) is 2.62. The maximum Gasteiger partial charge on any atom is 0.173 e. The van der Waals surface area contributed by atoms with Crippen molar-refractivity contribution in [3.05, 3.63) is 29.3 Å². The van der Waals surface area contributed by atoms with Crippen LogP contribution in [-0.4, -0.2) is 30.3 Å². The van der Waals surface area contributed by atoms with E-state index in [2.05, 4.69) is 43.7 Å². The lowest BCUT2D eigenvalue weighted by Crippen LogP contribution is -2.48. The van der Waals surface area contributed by atoms with Gasteiger partial charge in [-0.25, -0.2) is 0 Å². The van der Waals surface area contributed by atoms with Gasteiger partial charge < -0.3 is 10.2 Å². The van der Waals surface area contributed by atoms with Crippen LogP contribution in [0.15, 0.2) is 24.3 Å². The summed E-state index contributed by atoms with van der Waals surface area (Å²) in [6.45, 7) is 11.4. The highest BCUT2D eigenvalue weighted by Gasteiger charge is 2.22. The fraction of sp³-hybridized carbons (Fsp3) is 0.500. The van der Waals surface area contributed by atoms with E-state index in [9.17, 15) is 0 Å². The molecule has 106 valence electrons. The number of benzene rings is 1. The normalized spacial score (nSPS) is 11.5. The molecule has 0 bridgehead atoms. The molecule has 0 heterocycles. The van der Waals surface area contributed by atoms with Crippen molar-refractivity contribution in [2.75, 3.05) is 11.5 Å². The Hall–Kier alpha value is -0.583. The van der Waals surface area contributed by atoms with Gasteiger partial charge in [-0.15, -0.1) is 0 Å². The summed E-state index contributed by atoms with van der Waals surface area (Å²) in [6.07, 6.45) is 1.06. The number of hydrogen-bond acceptors (Lipinski definition) is 1. The van der Waals surface area contributed by atoms with E-state index >= 15 is 0 Å². The van der Waals surface area contributed by atoms with E-state index in [1.807, 2.05) is 24.3 Å². The molecule has 0 atom stereocenters. The highest BCUT2D eigenvalue weighted by molar-refractivity contribution is 7.80. The van der Waals surface area contributed by atoms with Gasteiger partial charge in [-0.05, 0) is 50.3 Å². The molecule has 1 aromatic carbocycles. The first-order valence-electron chi connectivity index (χ1n) is 6.52. The number of thiocarbonyl (C=S) groups is 1. The Kier molecular flexibility index (Phi) is 5.83. The third kappa shape index (κ3) is 5.93. The first kappa shape index (κ1) is 16.5. The van der Waals surface area contributed by atoms with Gasteiger partial charge in [-0.1, -0.05) is 31.2 Å². The molecule has 0 aliphatic carbocycles. The fourth-order valence-electron chi connectivity index (χ4n) is 1.73. The van der Waals surface area contributed by atoms with Gasteiger partial charge in [0.05, 0.1) is 8.07 Å². The van der Waals surface area contributed by atoms with Crippen molar-refractivity contribution < 1.29 is 0 Å². The van der Waals surface area contributed by atoms with E-state index in [0.717, 1.165) is 22.0 Å². The molecule has 0 radical (unpaired) electrons. The molecule has 2 nitrogen and oxygen atoms in total. The van der Waals surface area contributed by atoms with Gasteiger partial charge in [0.1, 0.15) is 0 Å². The van der Waals surface area contributed by atoms with Crippen molar-refractivity contribution in [1.29, 1.82) is 0 Å². The maximum atomic E-state index is 5.88. The van der Waals surface area contributed by atoms with Gasteiger partial charge in [0.2, 0.25) is 0 Å². The van der Waals surface area contributed by atoms with Crippen LogP contribution in [0.1, 0.15) is 13.8 Å². The van der Waals surface area contributed by atoms with E-state index in [1.54, 1.807) is 0 Å². The van der Waals surface area contributed by atoms with Crippen LogP contribution in [-0.2, 0) is 0 Å². The molecule has 0 amide bonds. The van der Waals surface area contributed by atoms with Crippen molar-refractivity contribution >= 4 is 42.7 Å². The SMILES string of the molecule is CC(C)N(C[Si](C)(C)C)C(=S)Nc1ccc(Cl)cc1. The van der Waals surface area contributed by atoms with E-state index in [0.29, 0.717) is 6.04 Å². The molecule has 0 spiro atoms. The summed E-state index contributed by atoms with van der Waals surface area (Å²) in [6, 6.07) is 8.03. The second-order valence-corrected chi connectivity index (χ2v) is 12.5. The standard InChI is InChI=1S/C14H23ClN2SSi/c1-11(2)17(10-19(3,4)5)14(18)16-13-8-6-12(15)7-9-13/h6-9,11H,10H2,1-5H3,(H,16,18). The molecule has 1 N–H and O–H groups in total. The predicted octanol–water partition coefficient (Wildman–Crippen LogP) is 4.62. The Labute approximate surface area is 128 Å². The number of anilines is 1. The number of nitrogens with zero attached hydrogens (tertiary/aromatic N) is 1. The zero-order chi connectivity index (χ0) is 14.6. The number of hydrogen-bond donors (Lipinski definition) is 1. The van der Waals surface area contributed by atoms with Crippen molar-refractivity contribution in [3.63, 3.8) is 0 Å². The summed E-state index contributed by atoms with van der Waals surface area (Å²) in [5.41, 5.74) is 0.982. The molecule has 0 aliphatic rings. The Bertz CT molecular complexity index is 426. The molecular weight excluding hydrogens is 292 g/mol. The summed E-state index contributed by atoms with van der Waals surface area (Å²) in [4.78, 5) is 2.27. The van der Waals surface area contributed by atoms with Crippen LogP contribution in [0.2, 0.25) is 24.7 Å². The van der Waals surface area contributed by atoms with Crippen LogP contribution in [0.3, 0.4) is 0 Å². The zero-order valence-electron chi connectivity index (χ0n) is 12.3. The molecule has 5 heteroatoms. The Morgan fingerprint density at radius 3 is 2.21 bits per heavy atom. The highest BCUT2D eigenvalue weighted by Crippen LogP contribution is 2.15. The summed E-state index contributed by atoms with van der Waals surface area (Å²) >= 11 is 11.4. The summed E-state index contributed by atoms with van der Waals surface area (Å²) in [5.74, 6) is 0. The van der Waals surface area contributed by atoms with Crippen LogP contribution in [0.5, 0.6) is 0 Å². The number of halogens is 1. The minimum Gasteiger partial charge on any atom is -0.350 e. The van der Waals surface area contributed by atoms with Gasteiger partial charge in [0, 0.05) is 22.9 Å². The monoisotopic (exact) mass is 314 g/mol. The minimum absolute atomic E-state index is 0.402. The lowest BCUT2D eigenvalue weighted by atomic mass is 10.3. The van der Waals surface area contributed by atoms with Crippen molar-refractivity contribution in [2.45, 2.75) is 39.5 Å². The quantitative estimate of drug-likeness (QED) is 0.644. The van der Waals surface area contributed by atoms with Crippen molar-refractivity contribution in [3.8, 4) is 0 Å². The molecule has 0 saturated heterocycles. The van der Waals surface area contributed by atoms with Gasteiger partial charge in [-0.3, -0.25) is 0 Å². The van der Waals surface area contributed by atoms with E-state index < -0.39 is 8.07 Å². The molecule has 1 aromatic rings. The summed E-state index contributed by atoms with van der Waals surface area (Å²) in [5, 5.41) is 4.82. The number of nitrogens with one attached hydrogen (secondary N) is 1. The molecule has 0 aliphatic heterocycles. The molecule has 0 unspecified atom stereocenters. The fourth-order valence-corrected chi connectivity index (χ4v) is 3.91. The lowest BCUT2D eigenvalue weighted by molar-refractivity contribution is 0.399. The van der Waals surface area contributed by atoms with Gasteiger partial charge in [0.25, 0.3) is 0 Å². The smallest absolute Gasteiger partial charge is 0.173 e. The maximum absolute atomic E-state index is 5.88. The minimum atomic E-state index is -1.19. The second-order valence-electron chi connectivity index (χ2n) is 6.22. The van der Waals surface area contributed by atoms with E-state index in [-0.39, 0.29) is 0 Å². The third-order valence-corrected chi connectivity index (χ3v) is 4.50. The van der Waals surface area contributed by atoms with Crippen molar-refractivity contribution in [1.82, 2.24) is 4.90 Å². The average molecular weight is 315 g/mol. The molecule has 0 fully saturated rings. The van der Waals surface area contributed by atoms with E-state index in [4.69, 9.17) is 23.8 Å². The van der Waals surface area contributed by atoms with Gasteiger partial charge >= 0.3 is 0 Å². The molecule has 1 rings (SSSR count). The molecule has 0 saturated carbocycles. The number of rotatable bonds is 4. The average Bonchev–Trinajstić information content (AvgIpc) is 2.27. The predicted molar refractivity (Wildman–Crippen MR) is 92.9 cm³/mol. The van der Waals surface area contributed by atoms with Gasteiger partial charge in [0.15, 0.2) is 5.11 Å². The topological polar surface area (TPSA) is 15.3 Å². The van der Waals surface area contributed by atoms with Crippen LogP contribution >= 0.6 is 23.8 Å². The van der Waals surface area contributed by atoms with Crippen LogP contribution in [0.4, 0.5) is 5.69 Å². The summed E-state index contributed by atoms with van der Waals surface area (Å²) < 4.78 is 0. The summed E-state index contributed by atoms with van der Waals surface area (Å²) in [7, 11) is -1.19. The molecule has 0 aromatic heterocycles. The first-order valence-corrected chi connectivity index (χ1v) is 11.0. The second kappa shape index (κ2) is 6.73. The first-order chi connectivity index (χ1) is 8.69. The lowest BCUT2D eigenvalue weighted by Gasteiger charge is -2.34. The largest absolute Gasteiger partial charge is 0.350 e. The van der Waals surface area contributed by atoms with Crippen LogP contribution in [0.25, 0.3) is 0 Å².